The maximum atomic E-state index is 10.5. The number of thiocarbonyl (C=S) groups is 1. The molecule has 28 heavy (non-hydrogen) atoms. The summed E-state index contributed by atoms with van der Waals surface area (Å²) in [6, 6.07) is 11.2. The highest BCUT2D eigenvalue weighted by Crippen LogP contribution is 2.38. The van der Waals surface area contributed by atoms with E-state index in [1.807, 2.05) is 51.4 Å². The fourth-order valence-electron chi connectivity index (χ4n) is 3.32. The van der Waals surface area contributed by atoms with Gasteiger partial charge in [0.1, 0.15) is 11.5 Å². The van der Waals surface area contributed by atoms with Gasteiger partial charge in [-0.05, 0) is 54.0 Å². The average Bonchev–Trinajstić information content (AvgIpc) is 3.01. The minimum Gasteiger partial charge on any atom is -0.508 e. The van der Waals surface area contributed by atoms with E-state index in [1.165, 1.54) is 6.07 Å². The molecule has 0 amide bonds. The maximum absolute atomic E-state index is 10.5. The molecule has 0 unspecified atom stereocenters. The molecule has 0 bridgehead atoms. The summed E-state index contributed by atoms with van der Waals surface area (Å²) < 4.78 is 2.05. The fourth-order valence-corrected chi connectivity index (χ4v) is 3.54. The minimum absolute atomic E-state index is 0.0448. The normalized spacial score (nSPS) is 11.0. The first-order chi connectivity index (χ1) is 13.2. The summed E-state index contributed by atoms with van der Waals surface area (Å²) in [4.78, 5) is 1.79. The van der Waals surface area contributed by atoms with Crippen molar-refractivity contribution in [3.63, 3.8) is 0 Å². The van der Waals surface area contributed by atoms with Crippen molar-refractivity contribution in [2.45, 2.75) is 19.8 Å². The van der Waals surface area contributed by atoms with Crippen molar-refractivity contribution in [3.05, 3.63) is 60.3 Å². The van der Waals surface area contributed by atoms with Gasteiger partial charge < -0.3 is 20.1 Å². The molecule has 1 heterocycles. The summed E-state index contributed by atoms with van der Waals surface area (Å²) in [5, 5.41) is 25.2. The minimum atomic E-state index is -0.0448. The number of hydrogen-bond donors (Lipinski definition) is 3. The molecule has 0 saturated heterocycles. The summed E-state index contributed by atoms with van der Waals surface area (Å²) in [6.07, 6.45) is 2.00. The number of nitrogens with one attached hydrogen (secondary N) is 1. The second kappa shape index (κ2) is 7.56. The van der Waals surface area contributed by atoms with Gasteiger partial charge in [-0.1, -0.05) is 20.4 Å². The molecule has 146 valence electrons. The molecule has 2 aromatic carbocycles. The number of phenols is 2. The van der Waals surface area contributed by atoms with Crippen molar-refractivity contribution in [1.29, 1.82) is 0 Å². The van der Waals surface area contributed by atoms with Crippen molar-refractivity contribution in [2.75, 3.05) is 11.9 Å². The van der Waals surface area contributed by atoms with Gasteiger partial charge in [0.2, 0.25) is 0 Å². The fraction of sp³-hybridized carbons (Fsp3) is 0.227. The third-order valence-corrected chi connectivity index (χ3v) is 5.28. The van der Waals surface area contributed by atoms with Crippen LogP contribution in [0.3, 0.4) is 0 Å². The van der Waals surface area contributed by atoms with E-state index in [-0.39, 0.29) is 17.4 Å². The van der Waals surface area contributed by atoms with Gasteiger partial charge >= 0.3 is 0 Å². The van der Waals surface area contributed by atoms with Gasteiger partial charge in [0.05, 0.1) is 5.70 Å². The Hall–Kier alpha value is -2.99. The van der Waals surface area contributed by atoms with Crippen LogP contribution in [0.1, 0.15) is 30.9 Å². The lowest BCUT2D eigenvalue weighted by Gasteiger charge is -2.28. The Balaban J connectivity index is 2.13. The largest absolute Gasteiger partial charge is 0.508 e. The summed E-state index contributed by atoms with van der Waals surface area (Å²) >= 11 is 5.53. The Morgan fingerprint density at radius 2 is 1.86 bits per heavy atom. The Kier molecular flexibility index (Phi) is 5.34. The van der Waals surface area contributed by atoms with Crippen LogP contribution in [0.4, 0.5) is 5.69 Å². The van der Waals surface area contributed by atoms with E-state index in [9.17, 15) is 10.2 Å². The number of anilines is 1. The van der Waals surface area contributed by atoms with Crippen LogP contribution in [0.2, 0.25) is 0 Å². The molecule has 1 aromatic heterocycles. The standard InChI is InChI=1S/C22H25N3O2S/c1-13(2)17-11-18(21(27)12-20(17)26)14(3)25(22(28)23-4)16-6-7-19-15(10-16)8-9-24(19)5/h6-13,26-27H,3H2,1-2,4-5H3,(H,23,28). The van der Waals surface area contributed by atoms with Crippen LogP contribution >= 0.6 is 12.2 Å². The van der Waals surface area contributed by atoms with Crippen LogP contribution in [0, 0.1) is 0 Å². The number of aryl methyl sites for hydroxylation is 1. The van der Waals surface area contributed by atoms with E-state index in [0.29, 0.717) is 16.4 Å². The SMILES string of the molecule is C=C(c1cc(C(C)C)c(O)cc1O)N(C(=S)NC)c1ccc2c(ccn2C)c1. The van der Waals surface area contributed by atoms with Crippen LogP contribution in [0.5, 0.6) is 11.5 Å². The molecule has 0 spiro atoms. The Labute approximate surface area is 170 Å². The molecule has 0 aliphatic rings. The summed E-state index contributed by atoms with van der Waals surface area (Å²) in [7, 11) is 3.75. The first-order valence-electron chi connectivity index (χ1n) is 9.06. The number of fused-ring (bicyclic) bond motifs is 1. The topological polar surface area (TPSA) is 60.7 Å². The van der Waals surface area contributed by atoms with Crippen LogP contribution in [0.25, 0.3) is 16.6 Å². The van der Waals surface area contributed by atoms with Crippen molar-refractivity contribution in [1.82, 2.24) is 9.88 Å². The zero-order valence-corrected chi connectivity index (χ0v) is 17.3. The second-order valence-corrected chi connectivity index (χ2v) is 7.48. The lowest BCUT2D eigenvalue weighted by Crippen LogP contribution is -2.36. The number of phenolic OH excluding ortho intramolecular Hbond substituents is 2. The summed E-state index contributed by atoms with van der Waals surface area (Å²) in [6.45, 7) is 8.17. The first kappa shape index (κ1) is 19.8. The van der Waals surface area contributed by atoms with E-state index in [2.05, 4.69) is 16.5 Å². The highest BCUT2D eigenvalue weighted by atomic mass is 32.1. The van der Waals surface area contributed by atoms with Gasteiger partial charge in [0, 0.05) is 48.5 Å². The predicted molar refractivity (Wildman–Crippen MR) is 120 cm³/mol. The van der Waals surface area contributed by atoms with Gasteiger partial charge in [0.15, 0.2) is 5.11 Å². The Morgan fingerprint density at radius 1 is 1.14 bits per heavy atom. The highest BCUT2D eigenvalue weighted by molar-refractivity contribution is 7.80. The molecular weight excluding hydrogens is 370 g/mol. The van der Waals surface area contributed by atoms with E-state index < -0.39 is 0 Å². The smallest absolute Gasteiger partial charge is 0.177 e. The number of benzene rings is 2. The zero-order chi connectivity index (χ0) is 20.6. The zero-order valence-electron chi connectivity index (χ0n) is 16.5. The number of aromatic nitrogens is 1. The third-order valence-electron chi connectivity index (χ3n) is 4.89. The van der Waals surface area contributed by atoms with Crippen molar-refractivity contribution in [3.8, 4) is 11.5 Å². The van der Waals surface area contributed by atoms with E-state index >= 15 is 0 Å². The van der Waals surface area contributed by atoms with E-state index in [4.69, 9.17) is 12.2 Å². The Bertz CT molecular complexity index is 1070. The maximum Gasteiger partial charge on any atom is 0.177 e. The van der Waals surface area contributed by atoms with Crippen LogP contribution < -0.4 is 10.2 Å². The van der Waals surface area contributed by atoms with Gasteiger partial charge in [0.25, 0.3) is 0 Å². The van der Waals surface area contributed by atoms with Crippen LogP contribution in [0.15, 0.2) is 49.2 Å². The third kappa shape index (κ3) is 3.43. The molecule has 0 radical (unpaired) electrons. The number of aromatic hydroxyl groups is 2. The number of hydrogen-bond acceptors (Lipinski definition) is 3. The van der Waals surface area contributed by atoms with E-state index in [1.54, 1.807) is 18.0 Å². The van der Waals surface area contributed by atoms with Crippen molar-refractivity contribution in [2.24, 2.45) is 7.05 Å². The second-order valence-electron chi connectivity index (χ2n) is 7.09. The van der Waals surface area contributed by atoms with Crippen molar-refractivity contribution >= 4 is 39.6 Å². The number of nitrogens with zero attached hydrogens (tertiary/aromatic N) is 2. The first-order valence-corrected chi connectivity index (χ1v) is 9.47. The van der Waals surface area contributed by atoms with Gasteiger partial charge in [-0.2, -0.15) is 0 Å². The molecule has 3 rings (SSSR count). The molecule has 0 atom stereocenters. The van der Waals surface area contributed by atoms with Gasteiger partial charge in [-0.25, -0.2) is 0 Å². The molecule has 0 aliphatic heterocycles. The lowest BCUT2D eigenvalue weighted by atomic mass is 9.97. The van der Waals surface area contributed by atoms with Gasteiger partial charge in [-0.15, -0.1) is 0 Å². The molecule has 3 aromatic rings. The molecule has 5 nitrogen and oxygen atoms in total. The van der Waals surface area contributed by atoms with Crippen LogP contribution in [-0.4, -0.2) is 26.9 Å². The van der Waals surface area contributed by atoms with Crippen LogP contribution in [-0.2, 0) is 7.05 Å². The number of rotatable bonds is 4. The van der Waals surface area contributed by atoms with Crippen molar-refractivity contribution < 1.29 is 10.2 Å². The predicted octanol–water partition coefficient (Wildman–Crippen LogP) is 4.69. The van der Waals surface area contributed by atoms with E-state index in [0.717, 1.165) is 22.2 Å². The molecular formula is C22H25N3O2S. The monoisotopic (exact) mass is 395 g/mol. The molecule has 3 N–H and O–H groups in total. The molecule has 0 fully saturated rings. The summed E-state index contributed by atoms with van der Waals surface area (Å²) in [5.74, 6) is 0.117. The highest BCUT2D eigenvalue weighted by Gasteiger charge is 2.21. The lowest BCUT2D eigenvalue weighted by molar-refractivity contribution is 0.443. The Morgan fingerprint density at radius 3 is 2.50 bits per heavy atom. The molecule has 0 saturated carbocycles. The van der Waals surface area contributed by atoms with Gasteiger partial charge in [-0.3, -0.25) is 4.90 Å². The molecule has 0 aliphatic carbocycles. The summed E-state index contributed by atoms with van der Waals surface area (Å²) in [5.41, 5.74) is 3.73. The average molecular weight is 396 g/mol. The quantitative estimate of drug-likeness (QED) is 0.559. The molecule has 6 heteroatoms.